The van der Waals surface area contributed by atoms with E-state index in [9.17, 15) is 5.11 Å². The van der Waals surface area contributed by atoms with Gasteiger partial charge in [-0.1, -0.05) is 0 Å². The molecule has 1 aromatic carbocycles. The molecule has 2 fully saturated rings. The monoisotopic (exact) mass is 388 g/mol. The summed E-state index contributed by atoms with van der Waals surface area (Å²) < 4.78 is 22.5. The molecule has 2 aromatic rings. The summed E-state index contributed by atoms with van der Waals surface area (Å²) in [7, 11) is 1.52. The third-order valence-corrected chi connectivity index (χ3v) is 5.77. The summed E-state index contributed by atoms with van der Waals surface area (Å²) in [5.74, 6) is 1.78. The Kier molecular flexibility index (Phi) is 5.57. The molecule has 1 atom stereocenters. The van der Waals surface area contributed by atoms with E-state index in [-0.39, 0.29) is 11.4 Å². The van der Waals surface area contributed by atoms with Crippen LogP contribution in [0.2, 0.25) is 0 Å². The zero-order chi connectivity index (χ0) is 19.6. The lowest BCUT2D eigenvalue weighted by molar-refractivity contribution is -0.140. The van der Waals surface area contributed by atoms with Gasteiger partial charge in [-0.3, -0.25) is 0 Å². The van der Waals surface area contributed by atoms with E-state index in [4.69, 9.17) is 18.6 Å². The predicted molar refractivity (Wildman–Crippen MR) is 103 cm³/mol. The minimum atomic E-state index is -0.0290. The van der Waals surface area contributed by atoms with Crippen molar-refractivity contribution < 1.29 is 23.7 Å². The van der Waals surface area contributed by atoms with E-state index in [0.29, 0.717) is 24.2 Å². The molecule has 4 rings (SSSR count). The molecule has 0 radical (unpaired) electrons. The van der Waals surface area contributed by atoms with Crippen LogP contribution in [0.5, 0.6) is 11.5 Å². The van der Waals surface area contributed by atoms with Crippen molar-refractivity contribution in [3.8, 4) is 23.0 Å². The highest BCUT2D eigenvalue weighted by Crippen LogP contribution is 2.35. The zero-order valence-corrected chi connectivity index (χ0v) is 16.5. The van der Waals surface area contributed by atoms with Gasteiger partial charge in [0.05, 0.1) is 18.4 Å². The van der Waals surface area contributed by atoms with Crippen molar-refractivity contribution in [1.82, 2.24) is 10.3 Å². The third-order valence-electron chi connectivity index (χ3n) is 5.77. The number of aromatic nitrogens is 1. The number of methoxy groups -OCH3 is 1. The molecule has 3 heterocycles. The van der Waals surface area contributed by atoms with Gasteiger partial charge in [-0.05, 0) is 50.8 Å². The van der Waals surface area contributed by atoms with E-state index < -0.39 is 0 Å². The van der Waals surface area contributed by atoms with Gasteiger partial charge < -0.3 is 29.1 Å². The van der Waals surface area contributed by atoms with Crippen molar-refractivity contribution in [2.75, 3.05) is 26.9 Å². The maximum atomic E-state index is 10.00. The van der Waals surface area contributed by atoms with Crippen molar-refractivity contribution >= 4 is 0 Å². The largest absolute Gasteiger partial charge is 0.504 e. The van der Waals surface area contributed by atoms with E-state index in [1.54, 1.807) is 12.1 Å². The van der Waals surface area contributed by atoms with Crippen molar-refractivity contribution in [1.29, 1.82) is 0 Å². The molecular weight excluding hydrogens is 360 g/mol. The van der Waals surface area contributed by atoms with Crippen LogP contribution in [0.1, 0.15) is 37.1 Å². The number of nitrogens with zero attached hydrogens (tertiary/aromatic N) is 1. The van der Waals surface area contributed by atoms with Crippen molar-refractivity contribution in [3.05, 3.63) is 29.7 Å². The Bertz CT molecular complexity index is 808. The fraction of sp³-hybridized carbons (Fsp3) is 0.571. The maximum Gasteiger partial charge on any atom is 0.226 e. The number of oxazole rings is 1. The number of hydrogen-bond acceptors (Lipinski definition) is 7. The zero-order valence-electron chi connectivity index (χ0n) is 16.5. The van der Waals surface area contributed by atoms with Crippen LogP contribution in [-0.2, 0) is 16.0 Å². The summed E-state index contributed by atoms with van der Waals surface area (Å²) >= 11 is 0. The molecule has 2 aliphatic heterocycles. The Morgan fingerprint density at radius 3 is 2.86 bits per heavy atom. The van der Waals surface area contributed by atoms with Crippen LogP contribution in [0.4, 0.5) is 0 Å². The molecule has 1 spiro atoms. The highest BCUT2D eigenvalue weighted by Gasteiger charge is 2.38. The first-order chi connectivity index (χ1) is 13.6. The lowest BCUT2D eigenvalue weighted by Crippen LogP contribution is -2.49. The number of aryl methyl sites for hydroxylation is 1. The summed E-state index contributed by atoms with van der Waals surface area (Å²) in [6.07, 6.45) is 3.95. The summed E-state index contributed by atoms with van der Waals surface area (Å²) in [6.45, 7) is 4.92. The molecule has 1 aromatic heterocycles. The Hall–Kier alpha value is -2.09. The summed E-state index contributed by atoms with van der Waals surface area (Å²) in [5.41, 5.74) is 1.58. The molecule has 7 nitrogen and oxygen atoms in total. The molecule has 2 saturated heterocycles. The highest BCUT2D eigenvalue weighted by molar-refractivity contribution is 5.59. The van der Waals surface area contributed by atoms with Crippen LogP contribution in [0.3, 0.4) is 0 Å². The minimum absolute atomic E-state index is 0.0290. The molecule has 0 saturated carbocycles. The minimum Gasteiger partial charge on any atom is -0.504 e. The Morgan fingerprint density at radius 1 is 1.29 bits per heavy atom. The van der Waals surface area contributed by atoms with Gasteiger partial charge in [0.25, 0.3) is 0 Å². The number of ether oxygens (including phenoxy) is 3. The number of nitrogens with one attached hydrogen (secondary N) is 1. The second-order valence-electron chi connectivity index (χ2n) is 7.62. The van der Waals surface area contributed by atoms with E-state index in [0.717, 1.165) is 62.5 Å². The van der Waals surface area contributed by atoms with Crippen LogP contribution in [-0.4, -0.2) is 48.7 Å². The normalized spacial score (nSPS) is 21.7. The van der Waals surface area contributed by atoms with E-state index >= 15 is 0 Å². The first-order valence-electron chi connectivity index (χ1n) is 9.87. The van der Waals surface area contributed by atoms with E-state index in [1.807, 2.05) is 13.0 Å². The topological polar surface area (TPSA) is 86.0 Å². The van der Waals surface area contributed by atoms with E-state index in [1.165, 1.54) is 7.11 Å². The van der Waals surface area contributed by atoms with Gasteiger partial charge in [0.1, 0.15) is 5.76 Å². The number of phenols is 1. The number of hydrogen-bond donors (Lipinski definition) is 2. The number of aromatic hydroxyl groups is 1. The Balaban J connectivity index is 1.41. The smallest absolute Gasteiger partial charge is 0.226 e. The van der Waals surface area contributed by atoms with Crippen molar-refractivity contribution in [2.24, 2.45) is 0 Å². The number of phenolic OH excluding ortho intramolecular Hbond substituents is 1. The number of benzene rings is 1. The fourth-order valence-electron chi connectivity index (χ4n) is 4.07. The highest BCUT2D eigenvalue weighted by atomic mass is 16.5. The van der Waals surface area contributed by atoms with Crippen molar-refractivity contribution in [3.63, 3.8) is 0 Å². The second-order valence-corrected chi connectivity index (χ2v) is 7.62. The van der Waals surface area contributed by atoms with Gasteiger partial charge in [-0.15, -0.1) is 0 Å². The molecule has 28 heavy (non-hydrogen) atoms. The molecule has 0 bridgehead atoms. The first kappa shape index (κ1) is 19.2. The van der Waals surface area contributed by atoms with Crippen LogP contribution >= 0.6 is 0 Å². The lowest BCUT2D eigenvalue weighted by Gasteiger charge is -2.43. The van der Waals surface area contributed by atoms with Gasteiger partial charge in [0, 0.05) is 38.0 Å². The summed E-state index contributed by atoms with van der Waals surface area (Å²) in [6, 6.07) is 5.54. The molecular formula is C21H28N2O5. The average Bonchev–Trinajstić information content (AvgIpc) is 3.08. The SMILES string of the molecule is COc1ccc(-c2nc(CNC3CCOC4(CCOCC4)C3)c(C)o2)cc1O. The fourth-order valence-corrected chi connectivity index (χ4v) is 4.07. The number of rotatable bonds is 5. The molecule has 2 aliphatic rings. The van der Waals surface area contributed by atoms with Gasteiger partial charge in [0.2, 0.25) is 5.89 Å². The molecule has 0 amide bonds. The van der Waals surface area contributed by atoms with E-state index in [2.05, 4.69) is 10.3 Å². The lowest BCUT2D eigenvalue weighted by atomic mass is 9.84. The molecule has 1 unspecified atom stereocenters. The Morgan fingerprint density at radius 2 is 2.11 bits per heavy atom. The van der Waals surface area contributed by atoms with Gasteiger partial charge in [-0.2, -0.15) is 0 Å². The van der Waals surface area contributed by atoms with Crippen LogP contribution in [0.25, 0.3) is 11.5 Å². The van der Waals surface area contributed by atoms with Crippen molar-refractivity contribution in [2.45, 2.75) is 50.8 Å². The summed E-state index contributed by atoms with van der Waals surface area (Å²) in [4.78, 5) is 4.63. The molecule has 7 heteroatoms. The molecule has 2 N–H and O–H groups in total. The van der Waals surface area contributed by atoms with Crippen LogP contribution in [0.15, 0.2) is 22.6 Å². The van der Waals surface area contributed by atoms with Crippen LogP contribution in [0, 0.1) is 6.92 Å². The molecule has 0 aliphatic carbocycles. The van der Waals surface area contributed by atoms with Gasteiger partial charge in [0.15, 0.2) is 11.5 Å². The Labute approximate surface area is 165 Å². The average molecular weight is 388 g/mol. The predicted octanol–water partition coefficient (Wildman–Crippen LogP) is 3.18. The summed E-state index contributed by atoms with van der Waals surface area (Å²) in [5, 5.41) is 13.6. The maximum absolute atomic E-state index is 10.00. The van der Waals surface area contributed by atoms with Gasteiger partial charge in [-0.25, -0.2) is 4.98 Å². The molecule has 152 valence electrons. The second kappa shape index (κ2) is 8.11. The third kappa shape index (κ3) is 4.01. The van der Waals surface area contributed by atoms with Gasteiger partial charge >= 0.3 is 0 Å². The quantitative estimate of drug-likeness (QED) is 0.813. The standard InChI is InChI=1S/C21H28N2O5/c1-14-17(23-20(28-14)15-3-4-19(25-2)18(24)11-15)13-22-16-5-8-27-21(12-16)6-9-26-10-7-21/h3-4,11,16,22,24H,5-10,12-13H2,1-2H3. The first-order valence-corrected chi connectivity index (χ1v) is 9.87. The van der Waals surface area contributed by atoms with Crippen LogP contribution < -0.4 is 10.1 Å².